The summed E-state index contributed by atoms with van der Waals surface area (Å²) < 4.78 is 26.0. The summed E-state index contributed by atoms with van der Waals surface area (Å²) in [5.41, 5.74) is 5.80. The first kappa shape index (κ1) is 17.6. The summed E-state index contributed by atoms with van der Waals surface area (Å²) in [4.78, 5) is 12.8. The summed E-state index contributed by atoms with van der Waals surface area (Å²) in [6, 6.07) is -0.147. The molecule has 18 heavy (non-hydrogen) atoms. The maximum atomic E-state index is 11.8. The summed E-state index contributed by atoms with van der Waals surface area (Å²) in [5, 5.41) is -1.08. The number of hydrogen-bond acceptors (Lipinski definition) is 4. The van der Waals surface area contributed by atoms with Gasteiger partial charge in [-0.3, -0.25) is 4.79 Å². The molecule has 1 aliphatic carbocycles. The van der Waals surface area contributed by atoms with Crippen LogP contribution in [0, 0.1) is 5.92 Å². The molecule has 1 fully saturated rings. The highest BCUT2D eigenvalue weighted by molar-refractivity contribution is 7.90. The van der Waals surface area contributed by atoms with Crippen molar-refractivity contribution in [3.63, 3.8) is 0 Å². The molecule has 0 saturated heterocycles. The average Bonchev–Trinajstić information content (AvgIpc) is 3.07. The molecular weight excluding hydrogens is 278 g/mol. The van der Waals surface area contributed by atoms with Crippen molar-refractivity contribution in [2.45, 2.75) is 31.1 Å². The molecule has 0 aromatic carbocycles. The minimum absolute atomic E-state index is 0. The molecule has 6 nitrogen and oxygen atoms in total. The molecule has 0 aliphatic heterocycles. The topological polar surface area (TPSA) is 92.5 Å². The molecule has 1 saturated carbocycles. The summed E-state index contributed by atoms with van der Waals surface area (Å²) in [6.07, 6.45) is 2.13. The molecule has 1 aliphatic rings. The number of halogens is 1. The first-order valence-electron chi connectivity index (χ1n) is 5.71. The van der Waals surface area contributed by atoms with Gasteiger partial charge in [0.25, 0.3) is 0 Å². The number of carbonyl (C=O) groups excluding carboxylic acids is 1. The highest BCUT2D eigenvalue weighted by Gasteiger charge is 2.32. The van der Waals surface area contributed by atoms with E-state index in [-0.39, 0.29) is 25.0 Å². The van der Waals surface area contributed by atoms with Crippen LogP contribution in [-0.4, -0.2) is 51.2 Å². The Balaban J connectivity index is 0.00000289. The van der Waals surface area contributed by atoms with Crippen LogP contribution in [0.2, 0.25) is 0 Å². The minimum Gasteiger partial charge on any atom is -0.348 e. The summed E-state index contributed by atoms with van der Waals surface area (Å²) in [7, 11) is -0.562. The van der Waals surface area contributed by atoms with Gasteiger partial charge in [0.05, 0.1) is 0 Å². The van der Waals surface area contributed by atoms with Gasteiger partial charge in [-0.25, -0.2) is 13.1 Å². The molecule has 1 amide bonds. The lowest BCUT2D eigenvalue weighted by Crippen LogP contribution is -2.46. The summed E-state index contributed by atoms with van der Waals surface area (Å²) in [6.45, 7) is 1.59. The molecule has 3 N–H and O–H groups in total. The molecule has 0 aromatic rings. The fourth-order valence-electron chi connectivity index (χ4n) is 1.52. The molecule has 108 valence electrons. The molecule has 2 atom stereocenters. The van der Waals surface area contributed by atoms with E-state index in [1.54, 1.807) is 0 Å². The molecule has 0 aromatic heterocycles. The number of rotatable bonds is 6. The largest absolute Gasteiger partial charge is 0.348 e. The smallest absolute Gasteiger partial charge is 0.241 e. The van der Waals surface area contributed by atoms with Crippen molar-refractivity contribution in [2.75, 3.05) is 20.6 Å². The fourth-order valence-corrected chi connectivity index (χ4v) is 2.68. The Morgan fingerprint density at radius 1 is 1.44 bits per heavy atom. The number of carbonyl (C=O) groups is 1. The Morgan fingerprint density at radius 3 is 2.33 bits per heavy atom. The maximum Gasteiger partial charge on any atom is 0.241 e. The highest BCUT2D eigenvalue weighted by atomic mass is 35.5. The Hall–Kier alpha value is -0.370. The molecule has 8 heteroatoms. The van der Waals surface area contributed by atoms with Gasteiger partial charge in [-0.2, -0.15) is 0 Å². The lowest BCUT2D eigenvalue weighted by molar-refractivity contribution is -0.127. The lowest BCUT2D eigenvalue weighted by atomic mass is 10.2. The second-order valence-electron chi connectivity index (χ2n) is 4.77. The maximum absolute atomic E-state index is 11.8. The van der Waals surface area contributed by atoms with Gasteiger partial charge in [0.2, 0.25) is 15.9 Å². The first-order chi connectivity index (χ1) is 7.75. The van der Waals surface area contributed by atoms with Crippen molar-refractivity contribution in [1.82, 2.24) is 9.62 Å². The number of nitrogens with one attached hydrogen (secondary N) is 1. The van der Waals surface area contributed by atoms with Crippen LogP contribution >= 0.6 is 12.4 Å². The molecule has 1 rings (SSSR count). The van der Waals surface area contributed by atoms with Crippen molar-refractivity contribution < 1.29 is 13.2 Å². The van der Waals surface area contributed by atoms with Crippen LogP contribution in [0.3, 0.4) is 0 Å². The van der Waals surface area contributed by atoms with E-state index >= 15 is 0 Å². The third-order valence-electron chi connectivity index (χ3n) is 3.00. The third-order valence-corrected chi connectivity index (χ3v) is 4.70. The van der Waals surface area contributed by atoms with E-state index in [4.69, 9.17) is 5.73 Å². The fraction of sp³-hybridized carbons (Fsp3) is 0.900. The SMILES string of the molecule is CC(C(=O)N(C)C)S(=O)(=O)NCC(N)C1CC1.Cl. The quantitative estimate of drug-likeness (QED) is 0.694. The van der Waals surface area contributed by atoms with Gasteiger partial charge < -0.3 is 10.6 Å². The zero-order valence-electron chi connectivity index (χ0n) is 10.9. The van der Waals surface area contributed by atoms with Gasteiger partial charge in [-0.1, -0.05) is 0 Å². The van der Waals surface area contributed by atoms with E-state index in [1.807, 2.05) is 0 Å². The van der Waals surface area contributed by atoms with Crippen LogP contribution in [0.25, 0.3) is 0 Å². The van der Waals surface area contributed by atoms with Gasteiger partial charge in [-0.15, -0.1) is 12.4 Å². The van der Waals surface area contributed by atoms with E-state index in [2.05, 4.69) is 4.72 Å². The standard InChI is InChI=1S/C10H21N3O3S.ClH/c1-7(10(14)13(2)3)17(15,16)12-6-9(11)8-4-5-8;/h7-9,12H,4-6,11H2,1-3H3;1H. The monoisotopic (exact) mass is 299 g/mol. The van der Waals surface area contributed by atoms with Crippen molar-refractivity contribution in [1.29, 1.82) is 0 Å². The van der Waals surface area contributed by atoms with Gasteiger partial charge >= 0.3 is 0 Å². The molecule has 0 heterocycles. The number of hydrogen-bond donors (Lipinski definition) is 2. The Bertz CT molecular complexity index is 382. The zero-order chi connectivity index (χ0) is 13.2. The molecule has 0 spiro atoms. The minimum atomic E-state index is -3.63. The van der Waals surface area contributed by atoms with Gasteiger partial charge in [0.15, 0.2) is 5.25 Å². The second-order valence-corrected chi connectivity index (χ2v) is 6.86. The van der Waals surface area contributed by atoms with E-state index in [0.717, 1.165) is 12.8 Å². The first-order valence-corrected chi connectivity index (χ1v) is 7.25. The van der Waals surface area contributed by atoms with Crippen LogP contribution in [-0.2, 0) is 14.8 Å². The lowest BCUT2D eigenvalue weighted by Gasteiger charge is -2.19. The Labute approximate surface area is 115 Å². The van der Waals surface area contributed by atoms with Crippen LogP contribution in [0.1, 0.15) is 19.8 Å². The van der Waals surface area contributed by atoms with E-state index in [9.17, 15) is 13.2 Å². The van der Waals surface area contributed by atoms with Crippen molar-refractivity contribution in [2.24, 2.45) is 11.7 Å². The van der Waals surface area contributed by atoms with E-state index in [1.165, 1.54) is 25.9 Å². The number of nitrogens with zero attached hydrogens (tertiary/aromatic N) is 1. The normalized spacial score (nSPS) is 18.7. The zero-order valence-corrected chi connectivity index (χ0v) is 12.6. The third kappa shape index (κ3) is 4.72. The predicted molar refractivity (Wildman–Crippen MR) is 73.0 cm³/mol. The molecule has 0 bridgehead atoms. The molecule has 0 radical (unpaired) electrons. The van der Waals surface area contributed by atoms with Crippen LogP contribution in [0.4, 0.5) is 0 Å². The predicted octanol–water partition coefficient (Wildman–Crippen LogP) is -0.458. The van der Waals surface area contributed by atoms with Gasteiger partial charge in [0.1, 0.15) is 0 Å². The summed E-state index contributed by atoms with van der Waals surface area (Å²) >= 11 is 0. The van der Waals surface area contributed by atoms with Crippen molar-refractivity contribution in [3.8, 4) is 0 Å². The van der Waals surface area contributed by atoms with Gasteiger partial charge in [-0.05, 0) is 25.7 Å². The molecule has 2 unspecified atom stereocenters. The van der Waals surface area contributed by atoms with Gasteiger partial charge in [0, 0.05) is 26.7 Å². The van der Waals surface area contributed by atoms with Crippen molar-refractivity contribution >= 4 is 28.3 Å². The molecular formula is C10H22ClN3O3S. The van der Waals surface area contributed by atoms with E-state index in [0.29, 0.717) is 5.92 Å². The number of amides is 1. The van der Waals surface area contributed by atoms with Crippen LogP contribution in [0.5, 0.6) is 0 Å². The Morgan fingerprint density at radius 2 is 1.94 bits per heavy atom. The van der Waals surface area contributed by atoms with Crippen molar-refractivity contribution in [3.05, 3.63) is 0 Å². The van der Waals surface area contributed by atoms with Crippen LogP contribution in [0.15, 0.2) is 0 Å². The summed E-state index contributed by atoms with van der Waals surface area (Å²) in [5.74, 6) is -0.00458. The van der Waals surface area contributed by atoms with Crippen LogP contribution < -0.4 is 10.5 Å². The number of nitrogens with two attached hydrogens (primary N) is 1. The Kier molecular flexibility index (Phi) is 6.56. The van der Waals surface area contributed by atoms with E-state index < -0.39 is 21.2 Å². The number of sulfonamides is 1. The highest BCUT2D eigenvalue weighted by Crippen LogP contribution is 2.31. The average molecular weight is 300 g/mol. The second kappa shape index (κ2) is 6.70.